The molecule has 0 saturated heterocycles. The first-order valence-electron chi connectivity index (χ1n) is 6.23. The van der Waals surface area contributed by atoms with E-state index in [2.05, 4.69) is 19.7 Å². The highest BCUT2D eigenvalue weighted by molar-refractivity contribution is 7.89. The number of aromatic amines is 1. The number of nitrogens with one attached hydrogen (secondary N) is 2. The van der Waals surface area contributed by atoms with Gasteiger partial charge in [0.1, 0.15) is 5.82 Å². The monoisotopic (exact) mass is 295 g/mol. The molecule has 2 aromatic rings. The summed E-state index contributed by atoms with van der Waals surface area (Å²) < 4.78 is 27.1. The van der Waals surface area contributed by atoms with Crippen molar-refractivity contribution in [3.05, 3.63) is 42.1 Å². The quantitative estimate of drug-likeness (QED) is 0.725. The molecule has 2 heterocycles. The normalized spacial score (nSPS) is 13.3. The topological polar surface area (TPSA) is 114 Å². The lowest BCUT2D eigenvalue weighted by atomic mass is 10.2. The standard InChI is InChI=1S/C12H17N5O2S/c1-2-10(12-14-5-6-15-12)17-20(18,19)11-4-3-9(7-13)8-16-11/h3-6,8,10,17H,2,7,13H2,1H3,(H,14,15). The van der Waals surface area contributed by atoms with Gasteiger partial charge < -0.3 is 10.7 Å². The predicted molar refractivity (Wildman–Crippen MR) is 74.1 cm³/mol. The van der Waals surface area contributed by atoms with Crippen LogP contribution in [0.4, 0.5) is 0 Å². The van der Waals surface area contributed by atoms with Crippen molar-refractivity contribution in [3.63, 3.8) is 0 Å². The molecular formula is C12H17N5O2S. The van der Waals surface area contributed by atoms with Crippen LogP contribution < -0.4 is 10.5 Å². The van der Waals surface area contributed by atoms with E-state index in [1.807, 2.05) is 6.92 Å². The molecule has 0 saturated carbocycles. The zero-order chi connectivity index (χ0) is 14.6. The molecule has 0 aliphatic heterocycles. The highest BCUT2D eigenvalue weighted by Gasteiger charge is 2.22. The molecule has 1 atom stereocenters. The summed E-state index contributed by atoms with van der Waals surface area (Å²) in [7, 11) is -3.68. The van der Waals surface area contributed by atoms with Gasteiger partial charge in [0.2, 0.25) is 0 Å². The zero-order valence-corrected chi connectivity index (χ0v) is 11.9. The molecule has 0 bridgehead atoms. The van der Waals surface area contributed by atoms with Gasteiger partial charge in [0.25, 0.3) is 10.0 Å². The first-order valence-corrected chi connectivity index (χ1v) is 7.71. The van der Waals surface area contributed by atoms with Crippen LogP contribution in [0, 0.1) is 0 Å². The van der Waals surface area contributed by atoms with Crippen LogP contribution in [0.2, 0.25) is 0 Å². The molecule has 0 spiro atoms. The maximum Gasteiger partial charge on any atom is 0.258 e. The van der Waals surface area contributed by atoms with Gasteiger partial charge in [-0.25, -0.2) is 18.4 Å². The van der Waals surface area contributed by atoms with Gasteiger partial charge in [0, 0.05) is 25.1 Å². The highest BCUT2D eigenvalue weighted by Crippen LogP contribution is 2.16. The molecule has 20 heavy (non-hydrogen) atoms. The predicted octanol–water partition coefficient (Wildman–Crippen LogP) is 0.693. The fourth-order valence-electron chi connectivity index (χ4n) is 1.74. The van der Waals surface area contributed by atoms with E-state index in [1.54, 1.807) is 18.5 Å². The molecule has 0 aromatic carbocycles. The van der Waals surface area contributed by atoms with Gasteiger partial charge >= 0.3 is 0 Å². The largest absolute Gasteiger partial charge is 0.347 e. The van der Waals surface area contributed by atoms with Crippen LogP contribution in [0.5, 0.6) is 0 Å². The van der Waals surface area contributed by atoms with Crippen LogP contribution in [0.3, 0.4) is 0 Å². The van der Waals surface area contributed by atoms with Gasteiger partial charge in [-0.1, -0.05) is 13.0 Å². The van der Waals surface area contributed by atoms with Gasteiger partial charge in [-0.2, -0.15) is 4.72 Å². The van der Waals surface area contributed by atoms with E-state index in [0.717, 1.165) is 5.56 Å². The van der Waals surface area contributed by atoms with Gasteiger partial charge in [-0.15, -0.1) is 0 Å². The number of hydrogen-bond donors (Lipinski definition) is 3. The van der Waals surface area contributed by atoms with Crippen molar-refractivity contribution in [3.8, 4) is 0 Å². The van der Waals surface area contributed by atoms with Gasteiger partial charge in [0.15, 0.2) is 5.03 Å². The minimum Gasteiger partial charge on any atom is -0.347 e. The number of pyridine rings is 1. The van der Waals surface area contributed by atoms with Crippen LogP contribution in [-0.2, 0) is 16.6 Å². The summed E-state index contributed by atoms with van der Waals surface area (Å²) in [6.45, 7) is 2.20. The van der Waals surface area contributed by atoms with Crippen molar-refractivity contribution in [2.45, 2.75) is 31.0 Å². The maximum atomic E-state index is 12.2. The molecule has 108 valence electrons. The smallest absolute Gasteiger partial charge is 0.258 e. The molecule has 1 unspecified atom stereocenters. The summed E-state index contributed by atoms with van der Waals surface area (Å²) in [4.78, 5) is 10.9. The number of sulfonamides is 1. The van der Waals surface area contributed by atoms with Crippen LogP contribution >= 0.6 is 0 Å². The van der Waals surface area contributed by atoms with E-state index >= 15 is 0 Å². The number of rotatable bonds is 6. The summed E-state index contributed by atoms with van der Waals surface area (Å²) in [5.41, 5.74) is 6.24. The average molecular weight is 295 g/mol. The molecule has 2 aromatic heterocycles. The van der Waals surface area contributed by atoms with E-state index < -0.39 is 16.1 Å². The number of H-pyrrole nitrogens is 1. The Kier molecular flexibility index (Phi) is 4.48. The minimum absolute atomic E-state index is 0.0280. The lowest BCUT2D eigenvalue weighted by molar-refractivity contribution is 0.536. The van der Waals surface area contributed by atoms with Crippen LogP contribution in [-0.4, -0.2) is 23.4 Å². The van der Waals surface area contributed by atoms with Crippen molar-refractivity contribution in [2.24, 2.45) is 5.73 Å². The third-order valence-electron chi connectivity index (χ3n) is 2.86. The summed E-state index contributed by atoms with van der Waals surface area (Å²) in [6, 6.07) is 2.68. The third-order valence-corrected chi connectivity index (χ3v) is 4.25. The zero-order valence-electron chi connectivity index (χ0n) is 11.1. The molecule has 7 nitrogen and oxygen atoms in total. The molecule has 0 aliphatic rings. The molecule has 0 aliphatic carbocycles. The van der Waals surface area contributed by atoms with Crippen molar-refractivity contribution in [1.29, 1.82) is 0 Å². The Morgan fingerprint density at radius 1 is 1.40 bits per heavy atom. The molecule has 8 heteroatoms. The average Bonchev–Trinajstić information content (AvgIpc) is 2.99. The van der Waals surface area contributed by atoms with Crippen LogP contribution in [0.25, 0.3) is 0 Å². The van der Waals surface area contributed by atoms with E-state index in [1.165, 1.54) is 12.3 Å². The second-order valence-corrected chi connectivity index (χ2v) is 5.93. The van der Waals surface area contributed by atoms with Crippen molar-refractivity contribution in [2.75, 3.05) is 0 Å². The minimum atomic E-state index is -3.68. The summed E-state index contributed by atoms with van der Waals surface area (Å²) in [5.74, 6) is 0.578. The van der Waals surface area contributed by atoms with Crippen LogP contribution in [0.15, 0.2) is 35.7 Å². The number of imidazole rings is 1. The Bertz CT molecular complexity index is 637. The fraction of sp³-hybridized carbons (Fsp3) is 0.333. The Hall–Kier alpha value is -1.77. The second kappa shape index (κ2) is 6.12. The second-order valence-electron chi connectivity index (χ2n) is 4.27. The number of hydrogen-bond acceptors (Lipinski definition) is 5. The third kappa shape index (κ3) is 3.21. The van der Waals surface area contributed by atoms with E-state index in [0.29, 0.717) is 18.8 Å². The Balaban J connectivity index is 2.21. The lowest BCUT2D eigenvalue weighted by Crippen LogP contribution is -2.29. The van der Waals surface area contributed by atoms with E-state index in [9.17, 15) is 8.42 Å². The first kappa shape index (κ1) is 14.6. The molecule has 0 fully saturated rings. The molecular weight excluding hydrogens is 278 g/mol. The molecule has 0 radical (unpaired) electrons. The van der Waals surface area contributed by atoms with Gasteiger partial charge in [-0.3, -0.25) is 0 Å². The first-order chi connectivity index (χ1) is 9.56. The highest BCUT2D eigenvalue weighted by atomic mass is 32.2. The van der Waals surface area contributed by atoms with Crippen LogP contribution in [0.1, 0.15) is 30.8 Å². The molecule has 2 rings (SSSR count). The Morgan fingerprint density at radius 2 is 2.20 bits per heavy atom. The van der Waals surface area contributed by atoms with Crippen molar-refractivity contribution < 1.29 is 8.42 Å². The lowest BCUT2D eigenvalue weighted by Gasteiger charge is -2.14. The maximum absolute atomic E-state index is 12.2. The van der Waals surface area contributed by atoms with E-state index in [-0.39, 0.29) is 5.03 Å². The molecule has 0 amide bonds. The SMILES string of the molecule is CCC(NS(=O)(=O)c1ccc(CN)cn1)c1ncc[nH]1. The summed E-state index contributed by atoms with van der Waals surface area (Å²) in [6.07, 6.45) is 5.28. The fourth-order valence-corrected chi connectivity index (χ4v) is 2.95. The van der Waals surface area contributed by atoms with E-state index in [4.69, 9.17) is 5.73 Å². The van der Waals surface area contributed by atoms with Gasteiger partial charge in [-0.05, 0) is 18.1 Å². The molecule has 4 N–H and O–H groups in total. The Morgan fingerprint density at radius 3 is 2.70 bits per heavy atom. The number of nitrogens with two attached hydrogens (primary N) is 1. The Labute approximate surface area is 117 Å². The number of nitrogens with zero attached hydrogens (tertiary/aromatic N) is 2. The van der Waals surface area contributed by atoms with Gasteiger partial charge in [0.05, 0.1) is 6.04 Å². The number of aromatic nitrogens is 3. The van der Waals surface area contributed by atoms with Crippen molar-refractivity contribution >= 4 is 10.0 Å². The summed E-state index contributed by atoms with van der Waals surface area (Å²) in [5, 5.41) is -0.0280. The summed E-state index contributed by atoms with van der Waals surface area (Å²) >= 11 is 0. The van der Waals surface area contributed by atoms with Crippen molar-refractivity contribution in [1.82, 2.24) is 19.7 Å².